The van der Waals surface area contributed by atoms with Crippen molar-refractivity contribution in [3.05, 3.63) is 84.9 Å². The quantitative estimate of drug-likeness (QED) is 0.364. The minimum absolute atomic E-state index is 0.220. The van der Waals surface area contributed by atoms with E-state index in [0.29, 0.717) is 26.8 Å². The summed E-state index contributed by atoms with van der Waals surface area (Å²) in [6.45, 7) is 0. The molecule has 0 N–H and O–H groups in total. The smallest absolute Gasteiger partial charge is 0.401 e. The van der Waals surface area contributed by atoms with Crippen LogP contribution in [0.25, 0.3) is 28.1 Å². The number of fused-ring (bicyclic) bond motifs is 1. The molecule has 3 aromatic heterocycles. The molecule has 0 saturated heterocycles. The van der Waals surface area contributed by atoms with Crippen LogP contribution in [0.3, 0.4) is 0 Å². The van der Waals surface area contributed by atoms with Gasteiger partial charge in [-0.05, 0) is 47.9 Å². The first-order chi connectivity index (χ1) is 13.0. The van der Waals surface area contributed by atoms with Gasteiger partial charge in [0.25, 0.3) is 5.56 Å². The van der Waals surface area contributed by atoms with Gasteiger partial charge in [0.05, 0.1) is 17.3 Å². The van der Waals surface area contributed by atoms with Crippen LogP contribution in [0.15, 0.2) is 57.1 Å². The topological polar surface area (TPSA) is 91.2 Å². The zero-order chi connectivity index (χ0) is 19.0. The second-order valence-corrected chi connectivity index (χ2v) is 6.84. The predicted octanol–water partition coefficient (Wildman–Crippen LogP) is 4.77. The molecule has 4 rings (SSSR count). The van der Waals surface area contributed by atoms with Gasteiger partial charge >= 0.3 is 5.88 Å². The van der Waals surface area contributed by atoms with Crippen molar-refractivity contribution in [1.29, 1.82) is 0 Å². The highest BCUT2D eigenvalue weighted by atomic mass is 35.5. The summed E-state index contributed by atoms with van der Waals surface area (Å²) in [5.41, 5.74) is 0.927. The Morgan fingerprint density at radius 2 is 2.07 bits per heavy atom. The summed E-state index contributed by atoms with van der Waals surface area (Å²) < 4.78 is 7.09. The van der Waals surface area contributed by atoms with Crippen LogP contribution in [0.2, 0.25) is 5.02 Å². The fraction of sp³-hybridized carbons (Fsp3) is 0. The molecule has 4 aromatic rings. The van der Waals surface area contributed by atoms with Crippen molar-refractivity contribution in [2.24, 2.45) is 0 Å². The molecule has 134 valence electrons. The van der Waals surface area contributed by atoms with E-state index >= 15 is 0 Å². The highest BCUT2D eigenvalue weighted by molar-refractivity contribution is 7.17. The number of nitrogens with zero attached hydrogens (tertiary/aromatic N) is 3. The van der Waals surface area contributed by atoms with E-state index in [1.165, 1.54) is 34.1 Å². The first-order valence-corrected chi connectivity index (χ1v) is 8.97. The van der Waals surface area contributed by atoms with Crippen LogP contribution in [0.1, 0.15) is 11.6 Å². The largest absolute Gasteiger partial charge is 0.433 e. The Labute approximate surface area is 160 Å². The second kappa shape index (κ2) is 6.82. The van der Waals surface area contributed by atoms with Crippen LogP contribution >= 0.6 is 22.9 Å². The van der Waals surface area contributed by atoms with Crippen molar-refractivity contribution in [3.63, 3.8) is 0 Å². The van der Waals surface area contributed by atoms with Crippen LogP contribution in [-0.2, 0) is 0 Å². The van der Waals surface area contributed by atoms with Gasteiger partial charge in [-0.15, -0.1) is 11.3 Å². The molecule has 0 bridgehead atoms. The highest BCUT2D eigenvalue weighted by Gasteiger charge is 2.14. The highest BCUT2D eigenvalue weighted by Crippen LogP contribution is 2.22. The minimum Gasteiger partial charge on any atom is -0.401 e. The number of thiophene rings is 1. The third kappa shape index (κ3) is 3.27. The molecule has 0 fully saturated rings. The molecule has 1 aromatic carbocycles. The Morgan fingerprint density at radius 3 is 2.81 bits per heavy atom. The molecule has 9 heteroatoms. The summed E-state index contributed by atoms with van der Waals surface area (Å²) in [6, 6.07) is 11.4. The standard InChI is InChI=1S/C18H10ClN3O4S/c19-11-2-1-3-12(10-11)21-15(20-14-8-9-27-17(14)18(21)23)6-4-13-5-7-16(26-13)22(24)25/h1-10H/b6-4+. The predicted molar refractivity (Wildman–Crippen MR) is 105 cm³/mol. The van der Waals surface area contributed by atoms with E-state index in [4.69, 9.17) is 16.0 Å². The summed E-state index contributed by atoms with van der Waals surface area (Å²) in [5.74, 6) is 0.273. The normalized spacial score (nSPS) is 11.4. The van der Waals surface area contributed by atoms with Crippen molar-refractivity contribution >= 4 is 51.2 Å². The molecule has 0 aliphatic carbocycles. The Hall–Kier alpha value is -3.23. The van der Waals surface area contributed by atoms with Crippen molar-refractivity contribution in [2.75, 3.05) is 0 Å². The number of aromatic nitrogens is 2. The van der Waals surface area contributed by atoms with Gasteiger partial charge in [-0.3, -0.25) is 19.5 Å². The Kier molecular flexibility index (Phi) is 4.35. The maximum atomic E-state index is 13.0. The molecule has 0 atom stereocenters. The van der Waals surface area contributed by atoms with Gasteiger partial charge in [-0.25, -0.2) is 4.98 Å². The van der Waals surface area contributed by atoms with Gasteiger partial charge in [0.15, 0.2) is 0 Å². The van der Waals surface area contributed by atoms with Crippen LogP contribution in [0.5, 0.6) is 0 Å². The van der Waals surface area contributed by atoms with Crippen molar-refractivity contribution in [1.82, 2.24) is 9.55 Å². The number of hydrogen-bond donors (Lipinski definition) is 0. The lowest BCUT2D eigenvalue weighted by Crippen LogP contribution is -2.21. The zero-order valence-electron chi connectivity index (χ0n) is 13.5. The fourth-order valence-corrected chi connectivity index (χ4v) is 3.54. The Morgan fingerprint density at radius 1 is 1.22 bits per heavy atom. The molecule has 0 spiro atoms. The van der Waals surface area contributed by atoms with Gasteiger partial charge in [0, 0.05) is 5.02 Å². The van der Waals surface area contributed by atoms with E-state index in [-0.39, 0.29) is 17.2 Å². The van der Waals surface area contributed by atoms with Crippen molar-refractivity contribution in [2.45, 2.75) is 0 Å². The molecule has 0 radical (unpaired) electrons. The monoisotopic (exact) mass is 399 g/mol. The van der Waals surface area contributed by atoms with Crippen molar-refractivity contribution < 1.29 is 9.34 Å². The molecule has 0 saturated carbocycles. The average molecular weight is 400 g/mol. The molecule has 7 nitrogen and oxygen atoms in total. The summed E-state index contributed by atoms with van der Waals surface area (Å²) in [6.07, 6.45) is 3.09. The molecule has 0 aliphatic rings. The number of benzene rings is 1. The van der Waals surface area contributed by atoms with Crippen LogP contribution in [0.4, 0.5) is 5.88 Å². The number of rotatable bonds is 4. The average Bonchev–Trinajstić information content (AvgIpc) is 3.29. The summed E-state index contributed by atoms with van der Waals surface area (Å²) in [5, 5.41) is 13.0. The lowest BCUT2D eigenvalue weighted by molar-refractivity contribution is -0.402. The third-order valence-electron chi connectivity index (χ3n) is 3.76. The lowest BCUT2D eigenvalue weighted by Gasteiger charge is -2.10. The summed E-state index contributed by atoms with van der Waals surface area (Å²) in [4.78, 5) is 27.6. The van der Waals surface area contributed by atoms with Crippen LogP contribution in [-0.4, -0.2) is 14.5 Å². The first-order valence-electron chi connectivity index (χ1n) is 7.71. The van der Waals surface area contributed by atoms with E-state index in [1.807, 2.05) is 0 Å². The molecule has 0 unspecified atom stereocenters. The molecular weight excluding hydrogens is 390 g/mol. The number of furan rings is 1. The number of halogens is 1. The Bertz CT molecular complexity index is 1250. The van der Waals surface area contributed by atoms with Crippen LogP contribution in [0, 0.1) is 10.1 Å². The second-order valence-electron chi connectivity index (χ2n) is 5.49. The van der Waals surface area contributed by atoms with E-state index < -0.39 is 4.92 Å². The molecule has 3 heterocycles. The first kappa shape index (κ1) is 17.2. The maximum absolute atomic E-state index is 13.0. The maximum Gasteiger partial charge on any atom is 0.433 e. The van der Waals surface area contributed by atoms with Gasteiger partial charge in [-0.2, -0.15) is 0 Å². The van der Waals surface area contributed by atoms with Crippen molar-refractivity contribution in [3.8, 4) is 5.69 Å². The zero-order valence-corrected chi connectivity index (χ0v) is 15.1. The molecule has 0 aliphatic heterocycles. The van der Waals surface area contributed by atoms with Gasteiger partial charge < -0.3 is 4.42 Å². The SMILES string of the molecule is O=c1c2sccc2nc(/C=C/c2ccc([N+](=O)[O-])o2)n1-c1cccc(Cl)c1. The van der Waals surface area contributed by atoms with Gasteiger partial charge in [-0.1, -0.05) is 17.7 Å². The summed E-state index contributed by atoms with van der Waals surface area (Å²) >= 11 is 7.38. The van der Waals surface area contributed by atoms with E-state index in [0.717, 1.165) is 0 Å². The van der Waals surface area contributed by atoms with Crippen LogP contribution < -0.4 is 5.56 Å². The molecule has 27 heavy (non-hydrogen) atoms. The molecule has 0 amide bonds. The third-order valence-corrected chi connectivity index (χ3v) is 4.89. The summed E-state index contributed by atoms with van der Waals surface area (Å²) in [7, 11) is 0. The lowest BCUT2D eigenvalue weighted by atomic mass is 10.3. The van der Waals surface area contributed by atoms with Gasteiger partial charge in [0.2, 0.25) is 0 Å². The van der Waals surface area contributed by atoms with Gasteiger partial charge in [0.1, 0.15) is 21.2 Å². The Balaban J connectivity index is 1.88. The minimum atomic E-state index is -0.616. The van der Waals surface area contributed by atoms with E-state index in [1.54, 1.807) is 41.8 Å². The molecular formula is C18H10ClN3O4S. The number of hydrogen-bond acceptors (Lipinski definition) is 6. The van der Waals surface area contributed by atoms with E-state index in [2.05, 4.69) is 4.98 Å². The van der Waals surface area contributed by atoms with E-state index in [9.17, 15) is 14.9 Å². The fourth-order valence-electron chi connectivity index (χ4n) is 2.59. The number of nitro groups is 1.